The molecule has 3 nitrogen and oxygen atoms in total. The molecule has 2 saturated heterocycles. The van der Waals surface area contributed by atoms with Crippen molar-refractivity contribution in [3.05, 3.63) is 0 Å². The fraction of sp³-hybridized carbons (Fsp3) is 0.909. The minimum absolute atomic E-state index is 0.355. The normalized spacial score (nSPS) is 34.5. The van der Waals surface area contributed by atoms with Crippen LogP contribution in [0.25, 0.3) is 0 Å². The van der Waals surface area contributed by atoms with E-state index in [-0.39, 0.29) is 0 Å². The fourth-order valence-electron chi connectivity index (χ4n) is 2.91. The highest BCUT2D eigenvalue weighted by atomic mass is 32.2. The van der Waals surface area contributed by atoms with Crippen molar-refractivity contribution in [2.45, 2.75) is 31.8 Å². The van der Waals surface area contributed by atoms with Gasteiger partial charge in [-0.15, -0.1) is 0 Å². The molecule has 0 aromatic carbocycles. The number of nitrogens with one attached hydrogen (secondary N) is 1. The Hall–Kier alpha value is -0.220. The first-order valence-electron chi connectivity index (χ1n) is 5.75. The molecule has 0 radical (unpaired) electrons. The Bertz CT molecular complexity index is 247. The number of hydrogen-bond acceptors (Lipinski definition) is 3. The van der Waals surface area contributed by atoms with Crippen molar-refractivity contribution < 1.29 is 4.79 Å². The van der Waals surface area contributed by atoms with Crippen LogP contribution in [-0.2, 0) is 4.79 Å². The van der Waals surface area contributed by atoms with E-state index in [4.69, 9.17) is 0 Å². The van der Waals surface area contributed by atoms with Gasteiger partial charge >= 0.3 is 0 Å². The van der Waals surface area contributed by atoms with Crippen molar-refractivity contribution in [1.29, 1.82) is 0 Å². The van der Waals surface area contributed by atoms with Crippen LogP contribution in [0.4, 0.5) is 0 Å². The van der Waals surface area contributed by atoms with E-state index in [1.165, 1.54) is 6.42 Å². The Morgan fingerprint density at radius 1 is 1.53 bits per heavy atom. The molecule has 2 aliphatic heterocycles. The average molecular weight is 228 g/mol. The second kappa shape index (κ2) is 4.74. The second-order valence-corrected chi connectivity index (χ2v) is 5.60. The Labute approximate surface area is 96.0 Å². The maximum absolute atomic E-state index is 12.0. The van der Waals surface area contributed by atoms with Crippen molar-refractivity contribution in [3.63, 3.8) is 0 Å². The van der Waals surface area contributed by atoms with Gasteiger partial charge in [-0.1, -0.05) is 0 Å². The summed E-state index contributed by atoms with van der Waals surface area (Å²) >= 11 is 1.75. The van der Waals surface area contributed by atoms with Gasteiger partial charge in [-0.3, -0.25) is 4.79 Å². The lowest BCUT2D eigenvalue weighted by Crippen LogP contribution is -2.42. The highest BCUT2D eigenvalue weighted by Gasteiger charge is 2.43. The third kappa shape index (κ3) is 2.16. The summed E-state index contributed by atoms with van der Waals surface area (Å²) in [5.74, 6) is 2.01. The van der Waals surface area contributed by atoms with Gasteiger partial charge in [0.2, 0.25) is 5.91 Å². The zero-order valence-corrected chi connectivity index (χ0v) is 10.3. The zero-order valence-electron chi connectivity index (χ0n) is 9.53. The fourth-order valence-corrected chi connectivity index (χ4v) is 3.29. The third-order valence-corrected chi connectivity index (χ3v) is 4.20. The van der Waals surface area contributed by atoms with E-state index in [1.54, 1.807) is 11.8 Å². The van der Waals surface area contributed by atoms with Gasteiger partial charge in [0.25, 0.3) is 0 Å². The molecule has 2 aliphatic rings. The molecule has 0 aliphatic carbocycles. The molecule has 2 rings (SSSR count). The SMILES string of the molecule is CSCCC(=O)N1C(C)CC2CNCC21. The summed E-state index contributed by atoms with van der Waals surface area (Å²) in [4.78, 5) is 14.2. The van der Waals surface area contributed by atoms with E-state index in [9.17, 15) is 4.79 Å². The lowest BCUT2D eigenvalue weighted by molar-refractivity contribution is -0.133. The number of likely N-dealkylation sites (tertiary alicyclic amines) is 1. The maximum Gasteiger partial charge on any atom is 0.223 e. The van der Waals surface area contributed by atoms with Crippen LogP contribution in [0.1, 0.15) is 19.8 Å². The van der Waals surface area contributed by atoms with Crippen LogP contribution in [0.3, 0.4) is 0 Å². The van der Waals surface area contributed by atoms with Gasteiger partial charge in [-0.25, -0.2) is 0 Å². The van der Waals surface area contributed by atoms with E-state index in [0.29, 0.717) is 30.3 Å². The Balaban J connectivity index is 1.97. The minimum Gasteiger partial charge on any atom is -0.335 e. The van der Waals surface area contributed by atoms with Gasteiger partial charge in [0, 0.05) is 37.3 Å². The molecule has 1 amide bonds. The highest BCUT2D eigenvalue weighted by molar-refractivity contribution is 7.98. The average Bonchev–Trinajstić information content (AvgIpc) is 2.73. The van der Waals surface area contributed by atoms with Crippen LogP contribution in [0, 0.1) is 5.92 Å². The molecular formula is C11H20N2OS. The molecule has 86 valence electrons. The van der Waals surface area contributed by atoms with Crippen LogP contribution in [0.15, 0.2) is 0 Å². The van der Waals surface area contributed by atoms with Crippen LogP contribution in [0.2, 0.25) is 0 Å². The molecule has 2 heterocycles. The van der Waals surface area contributed by atoms with Gasteiger partial charge in [0.15, 0.2) is 0 Å². The molecule has 0 aromatic heterocycles. The predicted octanol–water partition coefficient (Wildman–Crippen LogP) is 0.948. The van der Waals surface area contributed by atoms with Gasteiger partial charge in [0.1, 0.15) is 0 Å². The smallest absolute Gasteiger partial charge is 0.223 e. The van der Waals surface area contributed by atoms with Gasteiger partial charge in [-0.2, -0.15) is 11.8 Å². The van der Waals surface area contributed by atoms with Crippen LogP contribution < -0.4 is 5.32 Å². The molecule has 0 saturated carbocycles. The predicted molar refractivity (Wildman–Crippen MR) is 64.1 cm³/mol. The first-order valence-corrected chi connectivity index (χ1v) is 7.14. The van der Waals surface area contributed by atoms with Gasteiger partial charge < -0.3 is 10.2 Å². The first kappa shape index (κ1) is 11.3. The Morgan fingerprint density at radius 3 is 3.07 bits per heavy atom. The lowest BCUT2D eigenvalue weighted by Gasteiger charge is -2.27. The van der Waals surface area contributed by atoms with Crippen LogP contribution in [0.5, 0.6) is 0 Å². The van der Waals surface area contributed by atoms with Gasteiger partial charge in [0.05, 0.1) is 0 Å². The number of hydrogen-bond donors (Lipinski definition) is 1. The number of amides is 1. The molecule has 3 atom stereocenters. The van der Waals surface area contributed by atoms with Crippen molar-refractivity contribution in [2.75, 3.05) is 25.1 Å². The zero-order chi connectivity index (χ0) is 10.8. The molecule has 1 N–H and O–H groups in total. The summed E-state index contributed by atoms with van der Waals surface area (Å²) in [6.07, 6.45) is 3.94. The summed E-state index contributed by atoms with van der Waals surface area (Å²) in [7, 11) is 0. The number of nitrogens with zero attached hydrogens (tertiary/aromatic N) is 1. The van der Waals surface area contributed by atoms with Crippen molar-refractivity contribution in [1.82, 2.24) is 10.2 Å². The van der Waals surface area contributed by atoms with E-state index in [2.05, 4.69) is 23.4 Å². The van der Waals surface area contributed by atoms with Crippen molar-refractivity contribution >= 4 is 17.7 Å². The lowest BCUT2D eigenvalue weighted by atomic mass is 10.0. The van der Waals surface area contributed by atoms with Crippen LogP contribution >= 0.6 is 11.8 Å². The number of rotatable bonds is 3. The molecule has 3 unspecified atom stereocenters. The topological polar surface area (TPSA) is 32.3 Å². The Kier molecular flexibility index (Phi) is 3.57. The molecule has 0 aromatic rings. The maximum atomic E-state index is 12.0. The second-order valence-electron chi connectivity index (χ2n) is 4.61. The Morgan fingerprint density at radius 2 is 2.33 bits per heavy atom. The summed E-state index contributed by atoms with van der Waals surface area (Å²) in [6.45, 7) is 4.29. The van der Waals surface area contributed by atoms with E-state index >= 15 is 0 Å². The third-order valence-electron chi connectivity index (χ3n) is 3.59. The minimum atomic E-state index is 0.355. The van der Waals surface area contributed by atoms with Crippen molar-refractivity contribution in [2.24, 2.45) is 5.92 Å². The van der Waals surface area contributed by atoms with E-state index < -0.39 is 0 Å². The van der Waals surface area contributed by atoms with E-state index in [1.807, 2.05) is 0 Å². The number of carbonyl (C=O) groups excluding carboxylic acids is 1. The van der Waals surface area contributed by atoms with Crippen LogP contribution in [-0.4, -0.2) is 48.0 Å². The summed E-state index contributed by atoms with van der Waals surface area (Å²) < 4.78 is 0. The molecule has 2 fully saturated rings. The highest BCUT2D eigenvalue weighted by Crippen LogP contribution is 2.32. The summed E-state index contributed by atoms with van der Waals surface area (Å²) in [6, 6.07) is 0.936. The quantitative estimate of drug-likeness (QED) is 0.780. The van der Waals surface area contributed by atoms with Gasteiger partial charge in [-0.05, 0) is 25.5 Å². The number of carbonyl (C=O) groups is 1. The van der Waals surface area contributed by atoms with E-state index in [0.717, 1.165) is 18.8 Å². The number of thioether (sulfide) groups is 1. The largest absolute Gasteiger partial charge is 0.335 e. The first-order chi connectivity index (χ1) is 7.24. The number of fused-ring (bicyclic) bond motifs is 1. The monoisotopic (exact) mass is 228 g/mol. The molecular weight excluding hydrogens is 208 g/mol. The molecule has 15 heavy (non-hydrogen) atoms. The van der Waals surface area contributed by atoms with Crippen molar-refractivity contribution in [3.8, 4) is 0 Å². The molecule has 0 spiro atoms. The molecule has 0 bridgehead atoms. The summed E-state index contributed by atoms with van der Waals surface area (Å²) in [5.41, 5.74) is 0. The standard InChI is InChI=1S/C11H20N2OS/c1-8-5-9-6-12-7-10(9)13(8)11(14)3-4-15-2/h8-10,12H,3-7H2,1-2H3. The summed E-state index contributed by atoms with van der Waals surface area (Å²) in [5, 5.41) is 3.39. The molecule has 4 heteroatoms.